The van der Waals surface area contributed by atoms with E-state index in [0.717, 1.165) is 24.5 Å². The molecule has 0 fully saturated rings. The second-order valence-electron chi connectivity index (χ2n) is 3.93. The van der Waals surface area contributed by atoms with Gasteiger partial charge in [0.15, 0.2) is 0 Å². The Morgan fingerprint density at radius 3 is 2.18 bits per heavy atom. The molecule has 0 aromatic rings. The van der Waals surface area contributed by atoms with E-state index >= 15 is 0 Å². The normalized spacial score (nSPS) is 10.9. The summed E-state index contributed by atoms with van der Waals surface area (Å²) in [7, 11) is -1.33. The van der Waals surface area contributed by atoms with Gasteiger partial charge in [-0.05, 0) is 18.0 Å². The Bertz CT molecular complexity index is 161. The molecule has 0 aromatic carbocycles. The van der Waals surface area contributed by atoms with Crippen LogP contribution in [0.2, 0.25) is 19.6 Å². The fourth-order valence-electron chi connectivity index (χ4n) is 0.933. The van der Waals surface area contributed by atoms with Gasteiger partial charge >= 0.3 is 0 Å². The fourth-order valence-corrected chi connectivity index (χ4v) is 2.17. The summed E-state index contributed by atoms with van der Waals surface area (Å²) in [5.41, 5.74) is 0. The number of hydrogen-bond donors (Lipinski definition) is 0. The number of hydrogen-bond acceptors (Lipinski definition) is 1. The summed E-state index contributed by atoms with van der Waals surface area (Å²) in [4.78, 5) is 10.5. The second kappa shape index (κ2) is 4.53. The van der Waals surface area contributed by atoms with Crippen LogP contribution in [0.1, 0.15) is 26.2 Å². The zero-order valence-corrected chi connectivity index (χ0v) is 9.03. The highest BCUT2D eigenvalue weighted by Gasteiger charge is 2.19. The van der Waals surface area contributed by atoms with Crippen LogP contribution in [0.25, 0.3) is 0 Å². The minimum absolute atomic E-state index is 0.968. The minimum atomic E-state index is -1.33. The Morgan fingerprint density at radius 2 is 1.91 bits per heavy atom. The van der Waals surface area contributed by atoms with E-state index in [9.17, 15) is 4.79 Å². The Labute approximate surface area is 70.5 Å². The molecule has 0 heterocycles. The van der Waals surface area contributed by atoms with Gasteiger partial charge in [0.2, 0.25) is 0 Å². The summed E-state index contributed by atoms with van der Waals surface area (Å²) in [5.74, 6) is 2.11. The number of carbonyl (C=O) groups excluding carboxylic acids is 1. The van der Waals surface area contributed by atoms with Crippen molar-refractivity contribution in [2.75, 3.05) is 0 Å². The van der Waals surface area contributed by atoms with Crippen LogP contribution in [0.3, 0.4) is 0 Å². The molecular weight excluding hydrogens is 152 g/mol. The molecule has 0 aromatic heterocycles. The second-order valence-corrected chi connectivity index (χ2v) is 9.04. The molecule has 0 aliphatic rings. The summed E-state index contributed by atoms with van der Waals surface area (Å²) in [6.45, 7) is 8.74. The Hall–Kier alpha value is -0.333. The van der Waals surface area contributed by atoms with Gasteiger partial charge in [-0.3, -0.25) is 0 Å². The van der Waals surface area contributed by atoms with Crippen molar-refractivity contribution in [2.24, 2.45) is 0 Å². The van der Waals surface area contributed by atoms with E-state index in [0.29, 0.717) is 0 Å². The highest BCUT2D eigenvalue weighted by molar-refractivity contribution is 6.84. The highest BCUT2D eigenvalue weighted by Crippen LogP contribution is 2.17. The van der Waals surface area contributed by atoms with Crippen molar-refractivity contribution >= 4 is 14.0 Å². The molecular formula is C9H18OSi. The van der Waals surface area contributed by atoms with Crippen LogP contribution in [0.5, 0.6) is 0 Å². The summed E-state index contributed by atoms with van der Waals surface area (Å²) in [6.07, 6.45) is 3.26. The zero-order chi connectivity index (χ0) is 8.91. The molecule has 0 spiro atoms. The lowest BCUT2D eigenvalue weighted by molar-refractivity contribution is 0.566. The molecule has 0 amide bonds. The molecule has 0 unspecified atom stereocenters. The highest BCUT2D eigenvalue weighted by atomic mass is 28.3. The maximum atomic E-state index is 10.5. The first-order chi connectivity index (χ1) is 5.02. The first kappa shape index (κ1) is 10.7. The van der Waals surface area contributed by atoms with Gasteiger partial charge in [0.1, 0.15) is 5.94 Å². The Balaban J connectivity index is 4.10. The van der Waals surface area contributed by atoms with Crippen LogP contribution in [0.15, 0.2) is 5.20 Å². The quantitative estimate of drug-likeness (QED) is 0.468. The van der Waals surface area contributed by atoms with Crippen molar-refractivity contribution in [2.45, 2.75) is 45.8 Å². The molecule has 0 saturated carbocycles. The first-order valence-corrected chi connectivity index (χ1v) is 7.76. The number of unbranched alkanes of at least 4 members (excludes halogenated alkanes) is 1. The van der Waals surface area contributed by atoms with E-state index in [-0.39, 0.29) is 0 Å². The topological polar surface area (TPSA) is 17.1 Å². The van der Waals surface area contributed by atoms with Crippen molar-refractivity contribution in [1.82, 2.24) is 0 Å². The van der Waals surface area contributed by atoms with Gasteiger partial charge in [-0.2, -0.15) is 0 Å². The zero-order valence-electron chi connectivity index (χ0n) is 8.03. The summed E-state index contributed by atoms with van der Waals surface area (Å²) in [6, 6.07) is 0. The van der Waals surface area contributed by atoms with Crippen molar-refractivity contribution in [3.05, 3.63) is 5.20 Å². The minimum Gasteiger partial charge on any atom is -0.234 e. The molecule has 0 atom stereocenters. The largest absolute Gasteiger partial charge is 0.234 e. The fraction of sp³-hybridized carbons (Fsp3) is 0.778. The predicted molar refractivity (Wildman–Crippen MR) is 52.1 cm³/mol. The van der Waals surface area contributed by atoms with Gasteiger partial charge in [-0.15, -0.1) is 0 Å². The molecule has 64 valence electrons. The van der Waals surface area contributed by atoms with Crippen LogP contribution >= 0.6 is 0 Å². The maximum Gasteiger partial charge on any atom is 0.119 e. The third-order valence-electron chi connectivity index (χ3n) is 1.81. The lowest BCUT2D eigenvalue weighted by Gasteiger charge is -2.16. The third-order valence-corrected chi connectivity index (χ3v) is 3.97. The standard InChI is InChI=1S/C9H18OSi/c1-5-6-7-9(8-10)11(2,3)4/h5-7H2,1-4H3. The molecule has 0 radical (unpaired) electrons. The average Bonchev–Trinajstić information content (AvgIpc) is 1.87. The predicted octanol–water partition coefficient (Wildman–Crippen LogP) is 2.81. The maximum absolute atomic E-state index is 10.5. The smallest absolute Gasteiger partial charge is 0.119 e. The summed E-state index contributed by atoms with van der Waals surface area (Å²) in [5, 5.41) is 1.05. The van der Waals surface area contributed by atoms with Crippen LogP contribution in [0, 0.1) is 0 Å². The van der Waals surface area contributed by atoms with E-state index in [1.807, 2.05) is 0 Å². The molecule has 0 N–H and O–H groups in total. The molecule has 0 rings (SSSR count). The lowest BCUT2D eigenvalue weighted by Crippen LogP contribution is -2.24. The first-order valence-electron chi connectivity index (χ1n) is 4.26. The lowest BCUT2D eigenvalue weighted by atomic mass is 10.2. The Morgan fingerprint density at radius 1 is 1.36 bits per heavy atom. The molecule has 0 saturated heterocycles. The van der Waals surface area contributed by atoms with Gasteiger partial charge in [0.05, 0.1) is 8.07 Å². The molecule has 11 heavy (non-hydrogen) atoms. The van der Waals surface area contributed by atoms with E-state index in [2.05, 4.69) is 32.5 Å². The molecule has 2 heteroatoms. The average molecular weight is 170 g/mol. The van der Waals surface area contributed by atoms with Gasteiger partial charge in [-0.25, -0.2) is 4.79 Å². The van der Waals surface area contributed by atoms with Gasteiger partial charge in [-0.1, -0.05) is 33.0 Å². The number of allylic oxidation sites excluding steroid dienone is 1. The van der Waals surface area contributed by atoms with Crippen molar-refractivity contribution in [3.63, 3.8) is 0 Å². The SMILES string of the molecule is CCCCC(=C=O)[Si](C)(C)C. The monoisotopic (exact) mass is 170 g/mol. The van der Waals surface area contributed by atoms with Crippen molar-refractivity contribution < 1.29 is 4.79 Å². The van der Waals surface area contributed by atoms with Crippen LogP contribution in [-0.2, 0) is 4.79 Å². The molecule has 0 aliphatic heterocycles. The Kier molecular flexibility index (Phi) is 4.39. The van der Waals surface area contributed by atoms with Crippen molar-refractivity contribution in [3.8, 4) is 0 Å². The van der Waals surface area contributed by atoms with Gasteiger partial charge in [0, 0.05) is 0 Å². The van der Waals surface area contributed by atoms with Gasteiger partial charge < -0.3 is 0 Å². The van der Waals surface area contributed by atoms with Crippen molar-refractivity contribution in [1.29, 1.82) is 0 Å². The summed E-state index contributed by atoms with van der Waals surface area (Å²) >= 11 is 0. The van der Waals surface area contributed by atoms with E-state index in [4.69, 9.17) is 0 Å². The van der Waals surface area contributed by atoms with E-state index in [1.54, 1.807) is 0 Å². The molecule has 0 aliphatic carbocycles. The van der Waals surface area contributed by atoms with Crippen LogP contribution < -0.4 is 0 Å². The van der Waals surface area contributed by atoms with E-state index < -0.39 is 8.07 Å². The number of rotatable bonds is 4. The third kappa shape index (κ3) is 4.17. The van der Waals surface area contributed by atoms with Crippen LogP contribution in [0.4, 0.5) is 0 Å². The van der Waals surface area contributed by atoms with E-state index in [1.165, 1.54) is 0 Å². The molecule has 1 nitrogen and oxygen atoms in total. The molecule has 0 bridgehead atoms. The van der Waals surface area contributed by atoms with Gasteiger partial charge in [0.25, 0.3) is 0 Å². The van der Waals surface area contributed by atoms with Crippen LogP contribution in [-0.4, -0.2) is 14.0 Å². The summed E-state index contributed by atoms with van der Waals surface area (Å²) < 4.78 is 0.